The summed E-state index contributed by atoms with van der Waals surface area (Å²) in [6.45, 7) is 11.2. The van der Waals surface area contributed by atoms with Gasteiger partial charge < -0.3 is 36.3 Å². The average Bonchev–Trinajstić information content (AvgIpc) is 2.75. The van der Waals surface area contributed by atoms with Gasteiger partial charge in [0.1, 0.15) is 23.3 Å². The van der Waals surface area contributed by atoms with Crippen molar-refractivity contribution in [1.29, 1.82) is 0 Å². The molecule has 12 nitrogen and oxygen atoms in total. The third kappa shape index (κ3) is 19.3. The Labute approximate surface area is 226 Å². The highest BCUT2D eigenvalue weighted by molar-refractivity contribution is 5.87. The van der Waals surface area contributed by atoms with Gasteiger partial charge in [0.2, 0.25) is 5.91 Å². The fourth-order valence-electron chi connectivity index (χ4n) is 3.29. The average molecular weight is 545 g/mol. The summed E-state index contributed by atoms with van der Waals surface area (Å²) < 4.78 is 10.6. The fourth-order valence-corrected chi connectivity index (χ4v) is 3.29. The Hall–Kier alpha value is -2.89. The van der Waals surface area contributed by atoms with E-state index in [1.807, 2.05) is 0 Å². The topological polar surface area (TPSA) is 186 Å². The number of hydrogen-bond donors (Lipinski definition) is 5. The van der Waals surface area contributed by atoms with Crippen molar-refractivity contribution in [3.05, 3.63) is 0 Å². The lowest BCUT2D eigenvalue weighted by molar-refractivity contribution is -0.158. The standard InChI is InChI=1S/C26H48N4O8/c1-25(2,3)37-21(32)15-14-19(23(35)38-26(4,5)6)30-24(36)29-18(22(33)34)12-9-11-17-28-20(31)13-8-7-10-16-27/h18-19H,7-17,27H2,1-6H3,(H,28,31)(H,33,34)(H2,29,30,36)/t18-,19-/m0/s1. The van der Waals surface area contributed by atoms with Crippen LogP contribution in [0, 0.1) is 0 Å². The van der Waals surface area contributed by atoms with Crippen LogP contribution in [0.2, 0.25) is 0 Å². The highest BCUT2D eigenvalue weighted by Gasteiger charge is 2.29. The number of hydrogen-bond acceptors (Lipinski definition) is 8. The third-order valence-corrected chi connectivity index (χ3v) is 5.01. The van der Waals surface area contributed by atoms with E-state index < -0.39 is 47.2 Å². The first-order valence-electron chi connectivity index (χ1n) is 13.3. The summed E-state index contributed by atoms with van der Waals surface area (Å²) in [6.07, 6.45) is 3.85. The van der Waals surface area contributed by atoms with Gasteiger partial charge in [-0.3, -0.25) is 9.59 Å². The SMILES string of the molecule is CC(C)(C)OC(=O)CC[C@H](NC(=O)N[C@@H](CCCCNC(=O)CCCCCN)C(=O)O)C(=O)OC(C)(C)C. The normalized spacial score (nSPS) is 13.1. The van der Waals surface area contributed by atoms with E-state index in [-0.39, 0.29) is 25.2 Å². The van der Waals surface area contributed by atoms with Crippen LogP contribution in [0.1, 0.15) is 99.3 Å². The van der Waals surface area contributed by atoms with Gasteiger partial charge in [-0.2, -0.15) is 0 Å². The molecule has 0 saturated heterocycles. The maximum absolute atomic E-state index is 12.6. The number of nitrogens with two attached hydrogens (primary N) is 1. The number of carbonyl (C=O) groups excluding carboxylic acids is 4. The number of nitrogens with one attached hydrogen (secondary N) is 3. The predicted molar refractivity (Wildman–Crippen MR) is 142 cm³/mol. The molecule has 0 saturated carbocycles. The van der Waals surface area contributed by atoms with Gasteiger partial charge in [0.25, 0.3) is 0 Å². The fraction of sp³-hybridized carbons (Fsp3) is 0.808. The van der Waals surface area contributed by atoms with Crippen molar-refractivity contribution in [2.24, 2.45) is 5.73 Å². The smallest absolute Gasteiger partial charge is 0.329 e. The number of esters is 2. The number of carboxylic acids is 1. The van der Waals surface area contributed by atoms with Crippen molar-refractivity contribution in [2.75, 3.05) is 13.1 Å². The minimum Gasteiger partial charge on any atom is -0.480 e. The number of carbonyl (C=O) groups is 5. The molecule has 0 aliphatic carbocycles. The van der Waals surface area contributed by atoms with Gasteiger partial charge in [-0.1, -0.05) is 6.42 Å². The number of amides is 3. The number of urea groups is 1. The Morgan fingerprint density at radius 1 is 0.763 bits per heavy atom. The van der Waals surface area contributed by atoms with Gasteiger partial charge in [-0.25, -0.2) is 14.4 Å². The zero-order chi connectivity index (χ0) is 29.4. The van der Waals surface area contributed by atoms with Gasteiger partial charge in [-0.15, -0.1) is 0 Å². The number of rotatable bonds is 17. The third-order valence-electron chi connectivity index (χ3n) is 5.01. The molecule has 2 atom stereocenters. The lowest BCUT2D eigenvalue weighted by Crippen LogP contribution is -2.52. The van der Waals surface area contributed by atoms with Crippen molar-refractivity contribution >= 4 is 29.8 Å². The molecule has 12 heteroatoms. The molecule has 0 radical (unpaired) electrons. The summed E-state index contributed by atoms with van der Waals surface area (Å²) in [5.41, 5.74) is 3.89. The highest BCUT2D eigenvalue weighted by Crippen LogP contribution is 2.14. The molecule has 6 N–H and O–H groups in total. The zero-order valence-corrected chi connectivity index (χ0v) is 23.8. The van der Waals surface area contributed by atoms with Crippen LogP contribution >= 0.6 is 0 Å². The molecule has 220 valence electrons. The van der Waals surface area contributed by atoms with E-state index in [1.54, 1.807) is 41.5 Å². The first-order chi connectivity index (χ1) is 17.5. The zero-order valence-electron chi connectivity index (χ0n) is 23.8. The van der Waals surface area contributed by atoms with Crippen molar-refractivity contribution in [1.82, 2.24) is 16.0 Å². The Morgan fingerprint density at radius 2 is 1.37 bits per heavy atom. The molecule has 0 aromatic rings. The minimum absolute atomic E-state index is 0.0612. The highest BCUT2D eigenvalue weighted by atomic mass is 16.6. The first-order valence-corrected chi connectivity index (χ1v) is 13.3. The molecule has 3 amide bonds. The molecule has 0 heterocycles. The monoisotopic (exact) mass is 544 g/mol. The minimum atomic E-state index is -1.23. The largest absolute Gasteiger partial charge is 0.480 e. The summed E-state index contributed by atoms with van der Waals surface area (Å²) in [6, 6.07) is -3.26. The summed E-state index contributed by atoms with van der Waals surface area (Å²) in [5, 5.41) is 17.1. The van der Waals surface area contributed by atoms with Crippen LogP contribution in [0.3, 0.4) is 0 Å². The second-order valence-corrected chi connectivity index (χ2v) is 11.2. The Kier molecular flexibility index (Phi) is 16.3. The molecule has 0 fully saturated rings. The van der Waals surface area contributed by atoms with Crippen molar-refractivity contribution in [3.8, 4) is 0 Å². The summed E-state index contributed by atoms with van der Waals surface area (Å²) in [5.74, 6) is -2.58. The number of ether oxygens (including phenoxy) is 2. The van der Waals surface area contributed by atoms with Crippen LogP contribution in [0.15, 0.2) is 0 Å². The quantitative estimate of drug-likeness (QED) is 0.135. The maximum atomic E-state index is 12.6. The molecular weight excluding hydrogens is 496 g/mol. The molecular formula is C26H48N4O8. The van der Waals surface area contributed by atoms with Gasteiger partial charge in [0.15, 0.2) is 0 Å². The first kappa shape index (κ1) is 35.1. The van der Waals surface area contributed by atoms with E-state index in [0.29, 0.717) is 32.4 Å². The molecule has 0 aliphatic heterocycles. The number of unbranched alkanes of at least 4 members (excludes halogenated alkanes) is 3. The molecule has 0 aromatic carbocycles. The molecule has 0 unspecified atom stereocenters. The summed E-state index contributed by atoms with van der Waals surface area (Å²) in [4.78, 5) is 60.8. The van der Waals surface area contributed by atoms with Crippen LogP contribution < -0.4 is 21.7 Å². The van der Waals surface area contributed by atoms with E-state index in [1.165, 1.54) is 0 Å². The van der Waals surface area contributed by atoms with Gasteiger partial charge >= 0.3 is 23.9 Å². The van der Waals surface area contributed by atoms with E-state index in [4.69, 9.17) is 15.2 Å². The van der Waals surface area contributed by atoms with Crippen LogP contribution in [0.25, 0.3) is 0 Å². The van der Waals surface area contributed by atoms with Crippen LogP contribution in [0.4, 0.5) is 4.79 Å². The van der Waals surface area contributed by atoms with Gasteiger partial charge in [0.05, 0.1) is 0 Å². The van der Waals surface area contributed by atoms with Crippen LogP contribution in [-0.2, 0) is 28.7 Å². The summed E-state index contributed by atoms with van der Waals surface area (Å²) in [7, 11) is 0. The maximum Gasteiger partial charge on any atom is 0.329 e. The van der Waals surface area contributed by atoms with Crippen molar-refractivity contribution in [2.45, 2.75) is 123 Å². The predicted octanol–water partition coefficient (Wildman–Crippen LogP) is 2.38. The summed E-state index contributed by atoms with van der Waals surface area (Å²) >= 11 is 0. The van der Waals surface area contributed by atoms with Gasteiger partial charge in [-0.05, 0) is 86.6 Å². The second kappa shape index (κ2) is 17.6. The van der Waals surface area contributed by atoms with Gasteiger partial charge in [0, 0.05) is 19.4 Å². The Balaban J connectivity index is 4.81. The molecule has 0 bridgehead atoms. The lowest BCUT2D eigenvalue weighted by atomic mass is 10.1. The van der Waals surface area contributed by atoms with Crippen molar-refractivity contribution in [3.63, 3.8) is 0 Å². The lowest BCUT2D eigenvalue weighted by Gasteiger charge is -2.25. The second-order valence-electron chi connectivity index (χ2n) is 11.2. The molecule has 0 rings (SSSR count). The van der Waals surface area contributed by atoms with Crippen molar-refractivity contribution < 1.29 is 38.6 Å². The van der Waals surface area contributed by atoms with E-state index in [9.17, 15) is 29.1 Å². The molecule has 38 heavy (non-hydrogen) atoms. The molecule has 0 aromatic heterocycles. The van der Waals surface area contributed by atoms with E-state index in [0.717, 1.165) is 19.3 Å². The Morgan fingerprint density at radius 3 is 1.92 bits per heavy atom. The molecule has 0 spiro atoms. The van der Waals surface area contributed by atoms with E-state index in [2.05, 4.69) is 16.0 Å². The van der Waals surface area contributed by atoms with Crippen LogP contribution in [-0.4, -0.2) is 71.3 Å². The van der Waals surface area contributed by atoms with E-state index >= 15 is 0 Å². The molecule has 0 aliphatic rings. The number of aliphatic carboxylic acids is 1. The van der Waals surface area contributed by atoms with Crippen LogP contribution in [0.5, 0.6) is 0 Å². The Bertz CT molecular complexity index is 774. The number of carboxylic acid groups (broad SMARTS) is 1.